The van der Waals surface area contributed by atoms with Crippen molar-refractivity contribution >= 4 is 5.96 Å². The Morgan fingerprint density at radius 1 is 1.50 bits per heavy atom. The third-order valence-electron chi connectivity index (χ3n) is 2.30. The lowest BCUT2D eigenvalue weighted by Gasteiger charge is -2.21. The SMILES string of the molecule is COCCCN=C(NN)N(C)CCC(C)C. The number of rotatable bonds is 7. The van der Waals surface area contributed by atoms with Crippen LogP contribution < -0.4 is 11.3 Å². The molecule has 96 valence electrons. The minimum absolute atomic E-state index is 0.690. The fourth-order valence-electron chi connectivity index (χ4n) is 1.23. The fourth-order valence-corrected chi connectivity index (χ4v) is 1.23. The summed E-state index contributed by atoms with van der Waals surface area (Å²) in [4.78, 5) is 6.43. The van der Waals surface area contributed by atoms with Crippen LogP contribution >= 0.6 is 0 Å². The molecule has 0 unspecified atom stereocenters. The van der Waals surface area contributed by atoms with Crippen molar-refractivity contribution in [3.05, 3.63) is 0 Å². The Kier molecular flexibility index (Phi) is 8.94. The van der Waals surface area contributed by atoms with Crippen molar-refractivity contribution in [2.45, 2.75) is 26.7 Å². The number of nitrogens with two attached hydrogens (primary N) is 1. The molecule has 0 atom stereocenters. The highest BCUT2D eigenvalue weighted by molar-refractivity contribution is 5.79. The Labute approximate surface area is 99.0 Å². The molecule has 0 aliphatic heterocycles. The van der Waals surface area contributed by atoms with Gasteiger partial charge in [0.05, 0.1) is 0 Å². The quantitative estimate of drug-likeness (QED) is 0.223. The van der Waals surface area contributed by atoms with Gasteiger partial charge in [0.15, 0.2) is 0 Å². The van der Waals surface area contributed by atoms with Crippen LogP contribution in [0.5, 0.6) is 0 Å². The number of hydrogen-bond acceptors (Lipinski definition) is 3. The van der Waals surface area contributed by atoms with Gasteiger partial charge in [-0.2, -0.15) is 0 Å². The average Bonchev–Trinajstić information content (AvgIpc) is 2.26. The van der Waals surface area contributed by atoms with E-state index in [1.807, 2.05) is 11.9 Å². The monoisotopic (exact) mass is 230 g/mol. The lowest BCUT2D eigenvalue weighted by atomic mass is 10.1. The minimum Gasteiger partial charge on any atom is -0.385 e. The number of guanidine groups is 1. The number of ether oxygens (including phenoxy) is 1. The highest BCUT2D eigenvalue weighted by Crippen LogP contribution is 2.00. The van der Waals surface area contributed by atoms with Crippen LogP contribution in [0.25, 0.3) is 0 Å². The number of nitrogens with zero attached hydrogens (tertiary/aromatic N) is 2. The van der Waals surface area contributed by atoms with Crippen molar-refractivity contribution in [3.63, 3.8) is 0 Å². The summed E-state index contributed by atoms with van der Waals surface area (Å²) in [6.45, 7) is 6.85. The number of aliphatic imine (C=N–C) groups is 1. The van der Waals surface area contributed by atoms with Crippen molar-refractivity contribution < 1.29 is 4.74 Å². The number of hydrogen-bond donors (Lipinski definition) is 2. The molecule has 5 nitrogen and oxygen atoms in total. The molecule has 0 bridgehead atoms. The van der Waals surface area contributed by atoms with Crippen molar-refractivity contribution in [3.8, 4) is 0 Å². The first-order chi connectivity index (χ1) is 7.61. The topological polar surface area (TPSA) is 62.9 Å². The van der Waals surface area contributed by atoms with Gasteiger partial charge in [-0.15, -0.1) is 0 Å². The molecule has 0 aromatic rings. The molecule has 0 saturated heterocycles. The standard InChI is InChI=1S/C11H26N4O/c1-10(2)6-8-15(3)11(14-12)13-7-5-9-16-4/h10H,5-9,12H2,1-4H3,(H,13,14). The maximum absolute atomic E-state index is 5.44. The van der Waals surface area contributed by atoms with Crippen molar-refractivity contribution in [1.29, 1.82) is 0 Å². The molecular formula is C11H26N4O. The van der Waals surface area contributed by atoms with Crippen LogP contribution in [0.2, 0.25) is 0 Å². The third-order valence-corrected chi connectivity index (χ3v) is 2.30. The van der Waals surface area contributed by atoms with Crippen LogP contribution in [0.3, 0.4) is 0 Å². The van der Waals surface area contributed by atoms with Crippen LogP contribution in [-0.2, 0) is 4.74 Å². The van der Waals surface area contributed by atoms with E-state index in [1.54, 1.807) is 7.11 Å². The fraction of sp³-hybridized carbons (Fsp3) is 0.909. The molecule has 0 heterocycles. The van der Waals surface area contributed by atoms with E-state index >= 15 is 0 Å². The molecule has 0 saturated carbocycles. The second kappa shape index (κ2) is 9.42. The molecule has 0 rings (SSSR count). The second-order valence-corrected chi connectivity index (χ2v) is 4.30. The maximum Gasteiger partial charge on any atom is 0.208 e. The zero-order chi connectivity index (χ0) is 12.4. The third kappa shape index (κ3) is 7.48. The molecule has 0 aliphatic rings. The molecule has 0 aromatic carbocycles. The normalized spacial score (nSPS) is 12.0. The predicted octanol–water partition coefficient (Wildman–Crippen LogP) is 0.820. The summed E-state index contributed by atoms with van der Waals surface area (Å²) in [6, 6.07) is 0. The van der Waals surface area contributed by atoms with E-state index in [-0.39, 0.29) is 0 Å². The van der Waals surface area contributed by atoms with Gasteiger partial charge in [0.1, 0.15) is 0 Å². The molecule has 0 aliphatic carbocycles. The van der Waals surface area contributed by atoms with E-state index in [9.17, 15) is 0 Å². The summed E-state index contributed by atoms with van der Waals surface area (Å²) in [5.41, 5.74) is 2.64. The zero-order valence-corrected chi connectivity index (χ0v) is 11.0. The summed E-state index contributed by atoms with van der Waals surface area (Å²) in [6.07, 6.45) is 2.05. The summed E-state index contributed by atoms with van der Waals surface area (Å²) in [5.74, 6) is 6.88. The molecule has 16 heavy (non-hydrogen) atoms. The smallest absolute Gasteiger partial charge is 0.208 e. The van der Waals surface area contributed by atoms with Gasteiger partial charge < -0.3 is 9.64 Å². The van der Waals surface area contributed by atoms with E-state index in [1.165, 1.54) is 0 Å². The summed E-state index contributed by atoms with van der Waals surface area (Å²) >= 11 is 0. The van der Waals surface area contributed by atoms with Crippen molar-refractivity contribution in [2.24, 2.45) is 16.8 Å². The van der Waals surface area contributed by atoms with Gasteiger partial charge in [-0.25, -0.2) is 5.84 Å². The minimum atomic E-state index is 0.690. The van der Waals surface area contributed by atoms with Gasteiger partial charge in [-0.3, -0.25) is 10.4 Å². The first-order valence-corrected chi connectivity index (χ1v) is 5.83. The molecular weight excluding hydrogens is 204 g/mol. The number of hydrazine groups is 1. The Bertz CT molecular complexity index is 194. The van der Waals surface area contributed by atoms with Crippen LogP contribution in [0.4, 0.5) is 0 Å². The Morgan fingerprint density at radius 2 is 2.19 bits per heavy atom. The van der Waals surface area contributed by atoms with Gasteiger partial charge in [0.25, 0.3) is 0 Å². The number of methoxy groups -OCH3 is 1. The first-order valence-electron chi connectivity index (χ1n) is 5.83. The second-order valence-electron chi connectivity index (χ2n) is 4.30. The number of nitrogens with one attached hydrogen (secondary N) is 1. The molecule has 0 radical (unpaired) electrons. The van der Waals surface area contributed by atoms with Crippen molar-refractivity contribution in [1.82, 2.24) is 10.3 Å². The van der Waals surface area contributed by atoms with Crippen molar-refractivity contribution in [2.75, 3.05) is 33.9 Å². The summed E-state index contributed by atoms with van der Waals surface area (Å²) in [7, 11) is 3.69. The molecule has 0 aromatic heterocycles. The lowest BCUT2D eigenvalue weighted by Crippen LogP contribution is -2.43. The van der Waals surface area contributed by atoms with Crippen LogP contribution in [-0.4, -0.2) is 44.7 Å². The predicted molar refractivity (Wildman–Crippen MR) is 68.2 cm³/mol. The van der Waals surface area contributed by atoms with E-state index in [0.717, 1.165) is 38.5 Å². The Hall–Kier alpha value is -0.810. The highest BCUT2D eigenvalue weighted by Gasteiger charge is 2.05. The Morgan fingerprint density at radius 3 is 2.69 bits per heavy atom. The van der Waals surface area contributed by atoms with E-state index in [0.29, 0.717) is 5.92 Å². The van der Waals surface area contributed by atoms with E-state index < -0.39 is 0 Å². The van der Waals surface area contributed by atoms with Gasteiger partial charge in [0.2, 0.25) is 5.96 Å². The molecule has 0 fully saturated rings. The van der Waals surface area contributed by atoms with Crippen LogP contribution in [0.15, 0.2) is 4.99 Å². The van der Waals surface area contributed by atoms with Gasteiger partial charge in [-0.1, -0.05) is 13.8 Å². The highest BCUT2D eigenvalue weighted by atomic mass is 16.5. The lowest BCUT2D eigenvalue weighted by molar-refractivity contribution is 0.197. The van der Waals surface area contributed by atoms with Gasteiger partial charge >= 0.3 is 0 Å². The molecule has 3 N–H and O–H groups in total. The molecule has 0 amide bonds. The molecule has 0 spiro atoms. The largest absolute Gasteiger partial charge is 0.385 e. The van der Waals surface area contributed by atoms with Gasteiger partial charge in [0, 0.05) is 33.9 Å². The van der Waals surface area contributed by atoms with Crippen LogP contribution in [0, 0.1) is 5.92 Å². The van der Waals surface area contributed by atoms with E-state index in [2.05, 4.69) is 24.3 Å². The van der Waals surface area contributed by atoms with Crippen LogP contribution in [0.1, 0.15) is 26.7 Å². The Balaban J connectivity index is 3.94. The van der Waals surface area contributed by atoms with Gasteiger partial charge in [-0.05, 0) is 18.8 Å². The molecule has 5 heteroatoms. The van der Waals surface area contributed by atoms with E-state index in [4.69, 9.17) is 10.6 Å². The summed E-state index contributed by atoms with van der Waals surface area (Å²) in [5, 5.41) is 0. The average molecular weight is 230 g/mol. The summed E-state index contributed by atoms with van der Waals surface area (Å²) < 4.78 is 4.96. The zero-order valence-electron chi connectivity index (χ0n) is 11.0. The maximum atomic E-state index is 5.44. The first kappa shape index (κ1) is 15.2.